The number of carbonyl (C=O) groups excluding carboxylic acids is 2. The number of carbonyl (C=O) groups is 2. The van der Waals surface area contributed by atoms with Gasteiger partial charge in [-0.1, -0.05) is 12.1 Å². The molecule has 0 saturated carbocycles. The lowest BCUT2D eigenvalue weighted by molar-refractivity contribution is 0.0952. The molecule has 0 aromatic heterocycles. The quantitative estimate of drug-likeness (QED) is 0.594. The number of primary amides is 1. The minimum Gasteiger partial charge on any atom is -0.352 e. The molecule has 0 bridgehead atoms. The molecule has 104 valence electrons. The Morgan fingerprint density at radius 1 is 1.21 bits per heavy atom. The van der Waals surface area contributed by atoms with E-state index in [2.05, 4.69) is 10.6 Å². The number of benzene rings is 1. The molecule has 1 rings (SSSR count). The molecule has 0 spiro atoms. The summed E-state index contributed by atoms with van der Waals surface area (Å²) in [6.07, 6.45) is 0.742. The van der Waals surface area contributed by atoms with Gasteiger partial charge in [-0.15, -0.1) is 0 Å². The van der Waals surface area contributed by atoms with Gasteiger partial charge in [0.2, 0.25) is 0 Å². The largest absolute Gasteiger partial charge is 0.352 e. The van der Waals surface area contributed by atoms with Crippen molar-refractivity contribution < 1.29 is 9.59 Å². The molecule has 1 aromatic carbocycles. The van der Waals surface area contributed by atoms with Crippen molar-refractivity contribution in [3.05, 3.63) is 35.4 Å². The molecule has 0 aliphatic carbocycles. The molecular weight excluding hydrogens is 244 g/mol. The first-order valence-electron chi connectivity index (χ1n) is 6.15. The van der Waals surface area contributed by atoms with Crippen molar-refractivity contribution in [1.82, 2.24) is 10.6 Å². The van der Waals surface area contributed by atoms with Crippen LogP contribution in [0.5, 0.6) is 0 Å². The van der Waals surface area contributed by atoms with Crippen LogP contribution in [0.4, 0.5) is 4.79 Å². The standard InChI is InChI=1S/C13H20N4O2/c1-9(14)6-7-16-12(18)11-4-2-10(3-5-11)8-17-13(15)19/h2-5,9H,6-8,14H2,1H3,(H,16,18)(H3,15,17,19). The Balaban J connectivity index is 2.46. The summed E-state index contributed by atoms with van der Waals surface area (Å²) in [6, 6.07) is 6.46. The normalized spacial score (nSPS) is 11.7. The predicted octanol–water partition coefficient (Wildman–Crippen LogP) is 0.322. The molecule has 3 amide bonds. The third kappa shape index (κ3) is 5.87. The lowest BCUT2D eigenvalue weighted by Crippen LogP contribution is -2.29. The smallest absolute Gasteiger partial charge is 0.312 e. The Morgan fingerprint density at radius 3 is 2.37 bits per heavy atom. The highest BCUT2D eigenvalue weighted by Gasteiger charge is 2.05. The molecule has 6 nitrogen and oxygen atoms in total. The zero-order valence-electron chi connectivity index (χ0n) is 11.0. The van der Waals surface area contributed by atoms with Crippen LogP contribution in [-0.2, 0) is 6.54 Å². The minimum absolute atomic E-state index is 0.0718. The Morgan fingerprint density at radius 2 is 1.84 bits per heavy atom. The van der Waals surface area contributed by atoms with Crippen molar-refractivity contribution in [2.24, 2.45) is 11.5 Å². The second kappa shape index (κ2) is 7.38. The number of rotatable bonds is 6. The van der Waals surface area contributed by atoms with Crippen LogP contribution < -0.4 is 22.1 Å². The molecule has 0 fully saturated rings. The summed E-state index contributed by atoms with van der Waals surface area (Å²) in [6.45, 7) is 2.80. The van der Waals surface area contributed by atoms with Crippen molar-refractivity contribution in [3.63, 3.8) is 0 Å². The summed E-state index contributed by atoms with van der Waals surface area (Å²) in [7, 11) is 0. The van der Waals surface area contributed by atoms with Crippen LogP contribution >= 0.6 is 0 Å². The van der Waals surface area contributed by atoms with Crippen LogP contribution in [-0.4, -0.2) is 24.5 Å². The molecule has 1 aromatic rings. The fourth-order valence-electron chi connectivity index (χ4n) is 1.48. The van der Waals surface area contributed by atoms with E-state index >= 15 is 0 Å². The number of urea groups is 1. The van der Waals surface area contributed by atoms with E-state index in [1.165, 1.54) is 0 Å². The Bertz CT molecular complexity index is 429. The number of nitrogens with one attached hydrogen (secondary N) is 2. The molecule has 19 heavy (non-hydrogen) atoms. The van der Waals surface area contributed by atoms with Crippen molar-refractivity contribution in [1.29, 1.82) is 0 Å². The molecule has 6 heteroatoms. The molecule has 1 atom stereocenters. The van der Waals surface area contributed by atoms with E-state index in [0.29, 0.717) is 18.7 Å². The van der Waals surface area contributed by atoms with Crippen molar-refractivity contribution in [2.75, 3.05) is 6.54 Å². The second-order valence-corrected chi connectivity index (χ2v) is 4.44. The lowest BCUT2D eigenvalue weighted by atomic mass is 10.1. The fourth-order valence-corrected chi connectivity index (χ4v) is 1.48. The third-order valence-corrected chi connectivity index (χ3v) is 2.57. The van der Waals surface area contributed by atoms with Crippen LogP contribution in [0.25, 0.3) is 0 Å². The second-order valence-electron chi connectivity index (χ2n) is 4.44. The number of nitrogens with two attached hydrogens (primary N) is 2. The van der Waals surface area contributed by atoms with Gasteiger partial charge in [0.15, 0.2) is 0 Å². The zero-order chi connectivity index (χ0) is 14.3. The average molecular weight is 264 g/mol. The van der Waals surface area contributed by atoms with Crippen molar-refractivity contribution in [3.8, 4) is 0 Å². The molecular formula is C13H20N4O2. The van der Waals surface area contributed by atoms with Gasteiger partial charge >= 0.3 is 6.03 Å². The van der Waals surface area contributed by atoms with Gasteiger partial charge < -0.3 is 22.1 Å². The van der Waals surface area contributed by atoms with Crippen LogP contribution in [0, 0.1) is 0 Å². The third-order valence-electron chi connectivity index (χ3n) is 2.57. The Labute approximate surface area is 112 Å². The molecule has 0 aliphatic heterocycles. The highest BCUT2D eigenvalue weighted by molar-refractivity contribution is 5.94. The van der Waals surface area contributed by atoms with E-state index in [-0.39, 0.29) is 11.9 Å². The van der Waals surface area contributed by atoms with E-state index < -0.39 is 6.03 Å². The first kappa shape index (κ1) is 15.0. The number of hydrogen-bond acceptors (Lipinski definition) is 3. The van der Waals surface area contributed by atoms with Gasteiger partial charge in [0.25, 0.3) is 5.91 Å². The number of amides is 3. The Kier molecular flexibility index (Phi) is 5.81. The first-order chi connectivity index (χ1) is 8.99. The molecule has 0 aliphatic rings. The summed E-state index contributed by atoms with van der Waals surface area (Å²) in [5, 5.41) is 5.27. The molecule has 0 saturated heterocycles. The number of hydrogen-bond donors (Lipinski definition) is 4. The average Bonchev–Trinajstić information content (AvgIpc) is 2.36. The first-order valence-corrected chi connectivity index (χ1v) is 6.15. The minimum atomic E-state index is -0.572. The maximum Gasteiger partial charge on any atom is 0.312 e. The van der Waals surface area contributed by atoms with Gasteiger partial charge in [0, 0.05) is 24.7 Å². The van der Waals surface area contributed by atoms with Gasteiger partial charge in [-0.05, 0) is 31.0 Å². The molecule has 0 radical (unpaired) electrons. The van der Waals surface area contributed by atoms with Crippen molar-refractivity contribution >= 4 is 11.9 Å². The van der Waals surface area contributed by atoms with Gasteiger partial charge in [-0.2, -0.15) is 0 Å². The van der Waals surface area contributed by atoms with Crippen LogP contribution in [0.1, 0.15) is 29.3 Å². The highest BCUT2D eigenvalue weighted by atomic mass is 16.2. The van der Waals surface area contributed by atoms with Crippen LogP contribution in [0.3, 0.4) is 0 Å². The Hall–Kier alpha value is -2.08. The summed E-state index contributed by atoms with van der Waals surface area (Å²) in [4.78, 5) is 22.3. The summed E-state index contributed by atoms with van der Waals surface area (Å²) < 4.78 is 0. The van der Waals surface area contributed by atoms with Gasteiger partial charge in [0.1, 0.15) is 0 Å². The monoisotopic (exact) mass is 264 g/mol. The highest BCUT2D eigenvalue weighted by Crippen LogP contribution is 2.04. The van der Waals surface area contributed by atoms with Crippen LogP contribution in [0.15, 0.2) is 24.3 Å². The van der Waals surface area contributed by atoms with Crippen LogP contribution in [0.2, 0.25) is 0 Å². The van der Waals surface area contributed by atoms with Gasteiger partial charge in [-0.25, -0.2) is 4.79 Å². The van der Waals surface area contributed by atoms with E-state index in [4.69, 9.17) is 11.5 Å². The van der Waals surface area contributed by atoms with Gasteiger partial charge in [-0.3, -0.25) is 4.79 Å². The molecule has 6 N–H and O–H groups in total. The van der Waals surface area contributed by atoms with E-state index in [1.54, 1.807) is 24.3 Å². The SMILES string of the molecule is CC(N)CCNC(=O)c1ccc(CNC(N)=O)cc1. The van der Waals surface area contributed by atoms with E-state index in [0.717, 1.165) is 12.0 Å². The summed E-state index contributed by atoms with van der Waals surface area (Å²) >= 11 is 0. The summed E-state index contributed by atoms with van der Waals surface area (Å²) in [5.74, 6) is -0.130. The van der Waals surface area contributed by atoms with Crippen molar-refractivity contribution in [2.45, 2.75) is 25.9 Å². The topological polar surface area (TPSA) is 110 Å². The van der Waals surface area contributed by atoms with Gasteiger partial charge in [0.05, 0.1) is 0 Å². The maximum absolute atomic E-state index is 11.8. The fraction of sp³-hybridized carbons (Fsp3) is 0.385. The lowest BCUT2D eigenvalue weighted by Gasteiger charge is -2.08. The van der Waals surface area contributed by atoms with E-state index in [1.807, 2.05) is 6.92 Å². The zero-order valence-corrected chi connectivity index (χ0v) is 11.0. The molecule has 0 heterocycles. The maximum atomic E-state index is 11.8. The summed E-state index contributed by atoms with van der Waals surface area (Å²) in [5.41, 5.74) is 12.0. The predicted molar refractivity (Wildman–Crippen MR) is 73.5 cm³/mol. The van der Waals surface area contributed by atoms with E-state index in [9.17, 15) is 9.59 Å². The molecule has 1 unspecified atom stereocenters.